The van der Waals surface area contributed by atoms with Crippen molar-refractivity contribution in [1.29, 1.82) is 0 Å². The standard InChI is InChI=1S/C12H20ClN3S/c1-4-6-10-11(13)14-8-15-12(10)16-9(5-2)7-17-3/h8-9H,4-7H2,1-3H3,(H,14,15,16). The number of aromatic nitrogens is 2. The van der Waals surface area contributed by atoms with E-state index >= 15 is 0 Å². The second-order valence-electron chi connectivity index (χ2n) is 3.95. The van der Waals surface area contributed by atoms with E-state index in [4.69, 9.17) is 11.6 Å². The summed E-state index contributed by atoms with van der Waals surface area (Å²) in [6, 6.07) is 0.437. The quantitative estimate of drug-likeness (QED) is 0.770. The van der Waals surface area contributed by atoms with Gasteiger partial charge < -0.3 is 5.32 Å². The van der Waals surface area contributed by atoms with Gasteiger partial charge in [0.05, 0.1) is 0 Å². The maximum Gasteiger partial charge on any atom is 0.137 e. The second kappa shape index (κ2) is 7.77. The SMILES string of the molecule is CCCc1c(Cl)ncnc1NC(CC)CSC. The van der Waals surface area contributed by atoms with Crippen molar-refractivity contribution in [2.45, 2.75) is 39.2 Å². The first-order chi connectivity index (χ1) is 8.22. The third kappa shape index (κ3) is 4.36. The predicted molar refractivity (Wildman–Crippen MR) is 77.1 cm³/mol. The van der Waals surface area contributed by atoms with Gasteiger partial charge in [-0.15, -0.1) is 0 Å². The van der Waals surface area contributed by atoms with Crippen molar-refractivity contribution in [2.24, 2.45) is 0 Å². The first-order valence-electron chi connectivity index (χ1n) is 5.97. The van der Waals surface area contributed by atoms with E-state index in [0.717, 1.165) is 36.4 Å². The van der Waals surface area contributed by atoms with Gasteiger partial charge in [0.25, 0.3) is 0 Å². The molecule has 1 aromatic heterocycles. The number of nitrogens with zero attached hydrogens (tertiary/aromatic N) is 2. The summed E-state index contributed by atoms with van der Waals surface area (Å²) in [5, 5.41) is 4.04. The Kier molecular flexibility index (Phi) is 6.66. The summed E-state index contributed by atoms with van der Waals surface area (Å²) in [7, 11) is 0. The number of hydrogen-bond acceptors (Lipinski definition) is 4. The van der Waals surface area contributed by atoms with Crippen LogP contribution in [0.4, 0.5) is 5.82 Å². The van der Waals surface area contributed by atoms with Crippen LogP contribution < -0.4 is 5.32 Å². The molecule has 1 atom stereocenters. The lowest BCUT2D eigenvalue weighted by molar-refractivity contribution is 0.763. The maximum atomic E-state index is 6.12. The summed E-state index contributed by atoms with van der Waals surface area (Å²) < 4.78 is 0. The molecule has 96 valence electrons. The van der Waals surface area contributed by atoms with Gasteiger partial charge in [-0.3, -0.25) is 0 Å². The van der Waals surface area contributed by atoms with Crippen LogP contribution in [-0.4, -0.2) is 28.0 Å². The first kappa shape index (κ1) is 14.6. The van der Waals surface area contributed by atoms with Crippen LogP contribution >= 0.6 is 23.4 Å². The van der Waals surface area contributed by atoms with Crippen LogP contribution in [0.3, 0.4) is 0 Å². The molecule has 0 bridgehead atoms. The normalized spacial score (nSPS) is 12.5. The fourth-order valence-corrected chi connectivity index (χ4v) is 2.59. The van der Waals surface area contributed by atoms with Crippen molar-refractivity contribution >= 4 is 29.2 Å². The monoisotopic (exact) mass is 273 g/mol. The highest BCUT2D eigenvalue weighted by Gasteiger charge is 2.12. The van der Waals surface area contributed by atoms with Crippen molar-refractivity contribution in [3.8, 4) is 0 Å². The van der Waals surface area contributed by atoms with Crippen LogP contribution in [0, 0.1) is 0 Å². The van der Waals surface area contributed by atoms with Gasteiger partial charge in [0.2, 0.25) is 0 Å². The summed E-state index contributed by atoms with van der Waals surface area (Å²) in [5.74, 6) is 1.97. The lowest BCUT2D eigenvalue weighted by atomic mass is 10.1. The molecular formula is C12H20ClN3S. The fourth-order valence-electron chi connectivity index (χ4n) is 1.64. The predicted octanol–water partition coefficient (Wildman–Crippen LogP) is 3.64. The summed E-state index contributed by atoms with van der Waals surface area (Å²) >= 11 is 7.95. The fraction of sp³-hybridized carbons (Fsp3) is 0.667. The van der Waals surface area contributed by atoms with Crippen LogP contribution in [0.5, 0.6) is 0 Å². The van der Waals surface area contributed by atoms with Crippen molar-refractivity contribution < 1.29 is 0 Å². The van der Waals surface area contributed by atoms with E-state index in [-0.39, 0.29) is 0 Å². The molecule has 1 unspecified atom stereocenters. The molecule has 1 heterocycles. The Labute approximate surface area is 113 Å². The molecule has 1 N–H and O–H groups in total. The summed E-state index contributed by atoms with van der Waals surface area (Å²) in [5.41, 5.74) is 1.04. The minimum absolute atomic E-state index is 0.437. The van der Waals surface area contributed by atoms with E-state index < -0.39 is 0 Å². The van der Waals surface area contributed by atoms with Crippen LogP contribution in [0.15, 0.2) is 6.33 Å². The third-order valence-corrected chi connectivity index (χ3v) is 3.66. The highest BCUT2D eigenvalue weighted by Crippen LogP contribution is 2.22. The van der Waals surface area contributed by atoms with Crippen molar-refractivity contribution in [3.63, 3.8) is 0 Å². The van der Waals surface area contributed by atoms with Crippen LogP contribution in [-0.2, 0) is 6.42 Å². The molecule has 0 saturated heterocycles. The van der Waals surface area contributed by atoms with Crippen molar-refractivity contribution in [3.05, 3.63) is 17.0 Å². The Morgan fingerprint density at radius 1 is 1.41 bits per heavy atom. The van der Waals surface area contributed by atoms with Gasteiger partial charge in [-0.2, -0.15) is 11.8 Å². The summed E-state index contributed by atoms with van der Waals surface area (Å²) in [4.78, 5) is 8.36. The van der Waals surface area contributed by atoms with E-state index in [9.17, 15) is 0 Å². The highest BCUT2D eigenvalue weighted by atomic mass is 35.5. The zero-order valence-corrected chi connectivity index (χ0v) is 12.2. The van der Waals surface area contributed by atoms with E-state index in [2.05, 4.69) is 35.4 Å². The molecule has 5 heteroatoms. The number of halogens is 1. The molecule has 1 aromatic rings. The molecule has 0 amide bonds. The molecule has 0 aliphatic heterocycles. The molecule has 0 aromatic carbocycles. The van der Waals surface area contributed by atoms with Gasteiger partial charge in [-0.1, -0.05) is 31.9 Å². The maximum absolute atomic E-state index is 6.12. The Hall–Kier alpha value is -0.480. The van der Waals surface area contributed by atoms with Gasteiger partial charge in [0.1, 0.15) is 17.3 Å². The number of nitrogens with one attached hydrogen (secondary N) is 1. The molecule has 0 saturated carbocycles. The Morgan fingerprint density at radius 2 is 2.18 bits per heavy atom. The minimum Gasteiger partial charge on any atom is -0.366 e. The molecule has 0 spiro atoms. The molecule has 0 aliphatic rings. The van der Waals surface area contributed by atoms with Gasteiger partial charge in [-0.25, -0.2) is 9.97 Å². The molecular weight excluding hydrogens is 254 g/mol. The van der Waals surface area contributed by atoms with Crippen molar-refractivity contribution in [2.75, 3.05) is 17.3 Å². The molecule has 17 heavy (non-hydrogen) atoms. The van der Waals surface area contributed by atoms with E-state index in [0.29, 0.717) is 11.2 Å². The number of hydrogen-bond donors (Lipinski definition) is 1. The Bertz CT molecular complexity index is 347. The zero-order valence-electron chi connectivity index (χ0n) is 10.7. The third-order valence-electron chi connectivity index (χ3n) is 2.59. The van der Waals surface area contributed by atoms with E-state index in [1.807, 2.05) is 11.8 Å². The van der Waals surface area contributed by atoms with E-state index in [1.165, 1.54) is 6.33 Å². The lowest BCUT2D eigenvalue weighted by Gasteiger charge is -2.18. The second-order valence-corrected chi connectivity index (χ2v) is 5.22. The number of thioether (sulfide) groups is 1. The van der Waals surface area contributed by atoms with Gasteiger partial charge in [0.15, 0.2) is 0 Å². The Morgan fingerprint density at radius 3 is 2.76 bits per heavy atom. The topological polar surface area (TPSA) is 37.8 Å². The Balaban J connectivity index is 2.84. The first-order valence-corrected chi connectivity index (χ1v) is 7.74. The van der Waals surface area contributed by atoms with Gasteiger partial charge in [0, 0.05) is 17.4 Å². The zero-order chi connectivity index (χ0) is 12.7. The van der Waals surface area contributed by atoms with Crippen LogP contribution in [0.2, 0.25) is 5.15 Å². The summed E-state index contributed by atoms with van der Waals surface area (Å²) in [6.07, 6.45) is 6.67. The molecule has 0 aliphatic carbocycles. The van der Waals surface area contributed by atoms with Crippen LogP contribution in [0.1, 0.15) is 32.3 Å². The van der Waals surface area contributed by atoms with Gasteiger partial charge >= 0.3 is 0 Å². The highest BCUT2D eigenvalue weighted by molar-refractivity contribution is 7.98. The smallest absolute Gasteiger partial charge is 0.137 e. The number of rotatable bonds is 7. The minimum atomic E-state index is 0.437. The average molecular weight is 274 g/mol. The van der Waals surface area contributed by atoms with Crippen molar-refractivity contribution in [1.82, 2.24) is 9.97 Å². The van der Waals surface area contributed by atoms with Gasteiger partial charge in [-0.05, 0) is 19.1 Å². The summed E-state index contributed by atoms with van der Waals surface area (Å²) in [6.45, 7) is 4.31. The van der Waals surface area contributed by atoms with Crippen LogP contribution in [0.25, 0.3) is 0 Å². The largest absolute Gasteiger partial charge is 0.366 e. The number of anilines is 1. The van der Waals surface area contributed by atoms with E-state index in [1.54, 1.807) is 0 Å². The molecule has 0 radical (unpaired) electrons. The lowest BCUT2D eigenvalue weighted by Crippen LogP contribution is -2.23. The molecule has 1 rings (SSSR count). The molecule has 3 nitrogen and oxygen atoms in total. The average Bonchev–Trinajstić information content (AvgIpc) is 2.33. The molecule has 0 fully saturated rings.